The molecule has 1 aliphatic rings. The number of amides is 1. The number of carboxylic acids is 1. The zero-order chi connectivity index (χ0) is 25.3. The van der Waals surface area contributed by atoms with E-state index in [0.717, 1.165) is 4.68 Å². The van der Waals surface area contributed by atoms with Gasteiger partial charge in [-0.1, -0.05) is 30.3 Å². The number of fused-ring (bicyclic) bond motifs is 1. The van der Waals surface area contributed by atoms with Crippen LogP contribution in [0.5, 0.6) is 0 Å². The number of carboxylic acid groups (broad SMARTS) is 1. The van der Waals surface area contributed by atoms with Crippen LogP contribution in [0.25, 0.3) is 10.8 Å². The van der Waals surface area contributed by atoms with Crippen LogP contribution in [0.4, 0.5) is 0 Å². The monoisotopic (exact) mass is 498 g/mol. The molecule has 0 saturated carbocycles. The number of Topliss-reactive ketones (excluding diaryl/α,β-unsaturated/α-hetero) is 1. The van der Waals surface area contributed by atoms with Crippen LogP contribution in [0.2, 0.25) is 0 Å². The number of piperazine rings is 1. The molecule has 0 aliphatic carbocycles. The van der Waals surface area contributed by atoms with E-state index in [4.69, 9.17) is 0 Å². The Morgan fingerprint density at radius 3 is 2.11 bits per heavy atom. The van der Waals surface area contributed by atoms with Crippen LogP contribution in [0.3, 0.4) is 0 Å². The molecule has 1 N–H and O–H groups in total. The zero-order valence-corrected chi connectivity index (χ0v) is 19.6. The van der Waals surface area contributed by atoms with Gasteiger partial charge in [-0.2, -0.15) is 9.40 Å². The van der Waals surface area contributed by atoms with Crippen molar-refractivity contribution in [2.75, 3.05) is 26.2 Å². The van der Waals surface area contributed by atoms with Crippen molar-refractivity contribution in [1.82, 2.24) is 19.0 Å². The number of hydrogen-bond donors (Lipinski definition) is 1. The number of carbonyl (C=O) groups excluding carboxylic acids is 2. The fraction of sp³-hybridized carbons (Fsp3) is 0.261. The summed E-state index contributed by atoms with van der Waals surface area (Å²) >= 11 is 0. The standard InChI is InChI=1S/C23H22N4O7S/c1-15(28)16-6-8-17(9-7-16)35(33,34)26-12-10-25(11-13-26)20(29)14-27-22(30)19-5-3-2-4-18(19)21(24-27)23(31)32/h2-9H,10-14H2,1H3,(H,31,32). The average Bonchev–Trinajstić information content (AvgIpc) is 2.85. The molecule has 11 nitrogen and oxygen atoms in total. The van der Waals surface area contributed by atoms with E-state index in [0.29, 0.717) is 5.56 Å². The van der Waals surface area contributed by atoms with Crippen molar-refractivity contribution in [3.63, 3.8) is 0 Å². The summed E-state index contributed by atoms with van der Waals surface area (Å²) in [5.41, 5.74) is -0.517. The average molecular weight is 499 g/mol. The predicted octanol–water partition coefficient (Wildman–Crippen LogP) is 0.830. The number of nitrogens with zero attached hydrogens (tertiary/aromatic N) is 4. The van der Waals surface area contributed by atoms with E-state index in [1.807, 2.05) is 0 Å². The van der Waals surface area contributed by atoms with Crippen LogP contribution < -0.4 is 5.56 Å². The summed E-state index contributed by atoms with van der Waals surface area (Å²) in [4.78, 5) is 50.1. The van der Waals surface area contributed by atoms with E-state index >= 15 is 0 Å². The molecule has 1 aliphatic heterocycles. The number of aromatic carboxylic acids is 1. The first-order valence-corrected chi connectivity index (χ1v) is 12.2. The first-order valence-electron chi connectivity index (χ1n) is 10.7. The first-order chi connectivity index (χ1) is 16.6. The Morgan fingerprint density at radius 1 is 0.943 bits per heavy atom. The number of hydrogen-bond acceptors (Lipinski definition) is 7. The number of carbonyl (C=O) groups is 3. The Labute approximate surface area is 200 Å². The van der Waals surface area contributed by atoms with Crippen molar-refractivity contribution < 1.29 is 27.9 Å². The fourth-order valence-corrected chi connectivity index (χ4v) is 5.34. The molecule has 2 aromatic carbocycles. The lowest BCUT2D eigenvalue weighted by atomic mass is 10.1. The minimum atomic E-state index is -3.81. The molecule has 3 aromatic rings. The van der Waals surface area contributed by atoms with Gasteiger partial charge < -0.3 is 10.0 Å². The van der Waals surface area contributed by atoms with Gasteiger partial charge in [-0.25, -0.2) is 17.9 Å². The number of benzene rings is 2. The second-order valence-corrected chi connectivity index (χ2v) is 9.97. The van der Waals surface area contributed by atoms with Gasteiger partial charge in [0.1, 0.15) is 6.54 Å². The molecule has 0 spiro atoms. The third-order valence-corrected chi connectivity index (χ3v) is 7.76. The van der Waals surface area contributed by atoms with E-state index in [9.17, 15) is 32.7 Å². The summed E-state index contributed by atoms with van der Waals surface area (Å²) in [5.74, 6) is -1.97. The Morgan fingerprint density at radius 2 is 1.54 bits per heavy atom. The molecule has 1 fully saturated rings. The van der Waals surface area contributed by atoms with Crippen molar-refractivity contribution in [1.29, 1.82) is 0 Å². The van der Waals surface area contributed by atoms with Gasteiger partial charge in [0, 0.05) is 37.1 Å². The van der Waals surface area contributed by atoms with Crippen molar-refractivity contribution in [2.45, 2.75) is 18.4 Å². The number of aromatic nitrogens is 2. The summed E-state index contributed by atoms with van der Waals surface area (Å²) in [5, 5.41) is 13.7. The van der Waals surface area contributed by atoms with Gasteiger partial charge in [-0.05, 0) is 25.1 Å². The summed E-state index contributed by atoms with van der Waals surface area (Å²) in [6.07, 6.45) is 0. The van der Waals surface area contributed by atoms with Crippen molar-refractivity contribution in [2.24, 2.45) is 0 Å². The van der Waals surface area contributed by atoms with Crippen LogP contribution in [0.1, 0.15) is 27.8 Å². The lowest BCUT2D eigenvalue weighted by Gasteiger charge is -2.34. The van der Waals surface area contributed by atoms with Gasteiger partial charge in [0.25, 0.3) is 5.56 Å². The molecule has 4 rings (SSSR count). The third-order valence-electron chi connectivity index (χ3n) is 5.85. The van der Waals surface area contributed by atoms with Gasteiger partial charge >= 0.3 is 5.97 Å². The highest BCUT2D eigenvalue weighted by Gasteiger charge is 2.30. The van der Waals surface area contributed by atoms with E-state index in [-0.39, 0.29) is 53.3 Å². The Hall–Kier alpha value is -3.90. The maximum Gasteiger partial charge on any atom is 0.357 e. The summed E-state index contributed by atoms with van der Waals surface area (Å²) in [6.45, 7) is 1.20. The Balaban J connectivity index is 1.48. The molecular weight excluding hydrogens is 476 g/mol. The minimum Gasteiger partial charge on any atom is -0.476 e. The highest BCUT2D eigenvalue weighted by Crippen LogP contribution is 2.19. The molecule has 12 heteroatoms. The van der Waals surface area contributed by atoms with Crippen molar-refractivity contribution >= 4 is 38.5 Å². The summed E-state index contributed by atoms with van der Waals surface area (Å²) < 4.78 is 27.9. The molecule has 1 amide bonds. The number of rotatable bonds is 6. The maximum atomic E-state index is 12.9. The highest BCUT2D eigenvalue weighted by atomic mass is 32.2. The van der Waals surface area contributed by atoms with Crippen LogP contribution in [0, 0.1) is 0 Å². The molecular formula is C23H22N4O7S. The quantitative estimate of drug-likeness (QED) is 0.492. The van der Waals surface area contributed by atoms with Crippen LogP contribution >= 0.6 is 0 Å². The fourth-order valence-electron chi connectivity index (χ4n) is 3.92. The predicted molar refractivity (Wildman–Crippen MR) is 125 cm³/mol. The first kappa shape index (κ1) is 24.2. The Bertz CT molecular complexity index is 1490. The smallest absolute Gasteiger partial charge is 0.357 e. The van der Waals surface area contributed by atoms with Crippen molar-refractivity contribution in [3.8, 4) is 0 Å². The minimum absolute atomic E-state index is 0.0446. The SMILES string of the molecule is CC(=O)c1ccc(S(=O)(=O)N2CCN(C(=O)Cn3nc(C(=O)O)c4ccccc4c3=O)CC2)cc1. The third kappa shape index (κ3) is 4.70. The second kappa shape index (κ2) is 9.39. The highest BCUT2D eigenvalue weighted by molar-refractivity contribution is 7.89. The molecule has 0 radical (unpaired) electrons. The van der Waals surface area contributed by atoms with Gasteiger partial charge in [0.2, 0.25) is 15.9 Å². The van der Waals surface area contributed by atoms with E-state index in [1.165, 1.54) is 52.5 Å². The largest absolute Gasteiger partial charge is 0.476 e. The molecule has 1 saturated heterocycles. The van der Waals surface area contributed by atoms with Crippen molar-refractivity contribution in [3.05, 3.63) is 70.1 Å². The van der Waals surface area contributed by atoms with E-state index < -0.39 is 34.0 Å². The molecule has 1 aromatic heterocycles. The lowest BCUT2D eigenvalue weighted by molar-refractivity contribution is -0.133. The second-order valence-electron chi connectivity index (χ2n) is 8.03. The molecule has 35 heavy (non-hydrogen) atoms. The summed E-state index contributed by atoms with van der Waals surface area (Å²) in [6, 6.07) is 11.8. The number of ketones is 1. The molecule has 0 bridgehead atoms. The molecule has 0 unspecified atom stereocenters. The maximum absolute atomic E-state index is 12.9. The molecule has 182 valence electrons. The van der Waals surface area contributed by atoms with Crippen LogP contribution in [-0.4, -0.2) is 76.3 Å². The lowest BCUT2D eigenvalue weighted by Crippen LogP contribution is -2.51. The molecule has 0 atom stereocenters. The Kier molecular flexibility index (Phi) is 6.50. The summed E-state index contributed by atoms with van der Waals surface area (Å²) in [7, 11) is -3.81. The van der Waals surface area contributed by atoms with Gasteiger partial charge in [0.15, 0.2) is 11.5 Å². The van der Waals surface area contributed by atoms with Gasteiger partial charge in [-0.15, -0.1) is 0 Å². The zero-order valence-electron chi connectivity index (χ0n) is 18.7. The van der Waals surface area contributed by atoms with E-state index in [1.54, 1.807) is 12.1 Å². The van der Waals surface area contributed by atoms with Crippen LogP contribution in [0.15, 0.2) is 58.2 Å². The van der Waals surface area contributed by atoms with E-state index in [2.05, 4.69) is 5.10 Å². The number of sulfonamides is 1. The topological polar surface area (TPSA) is 147 Å². The van der Waals surface area contributed by atoms with Crippen LogP contribution in [-0.2, 0) is 21.4 Å². The van der Waals surface area contributed by atoms with Gasteiger partial charge in [0.05, 0.1) is 10.3 Å². The normalized spacial score (nSPS) is 14.7. The molecule has 2 heterocycles. The van der Waals surface area contributed by atoms with Gasteiger partial charge in [-0.3, -0.25) is 14.4 Å².